The highest BCUT2D eigenvalue weighted by Gasteiger charge is 2.33. The third-order valence-electron chi connectivity index (χ3n) is 7.04. The lowest BCUT2D eigenvalue weighted by molar-refractivity contribution is 0.465. The normalized spacial score (nSPS) is 19.0. The zero-order valence-electron chi connectivity index (χ0n) is 18.4. The molecule has 2 atom stereocenters. The first kappa shape index (κ1) is 21.9. The quantitative estimate of drug-likeness (QED) is 0.215. The lowest BCUT2D eigenvalue weighted by Gasteiger charge is -2.23. The van der Waals surface area contributed by atoms with Gasteiger partial charge in [0.25, 0.3) is 0 Å². The lowest BCUT2D eigenvalue weighted by Crippen LogP contribution is -2.10. The van der Waals surface area contributed by atoms with Crippen molar-refractivity contribution < 1.29 is 22.0 Å². The molecule has 0 aliphatic heterocycles. The average molecular weight is 454 g/mol. The van der Waals surface area contributed by atoms with Gasteiger partial charge >= 0.3 is 0 Å². The summed E-state index contributed by atoms with van der Waals surface area (Å²) in [4.78, 5) is 0. The van der Waals surface area contributed by atoms with Crippen molar-refractivity contribution in [3.8, 4) is 22.3 Å². The van der Waals surface area contributed by atoms with Crippen molar-refractivity contribution in [1.29, 1.82) is 0 Å². The monoisotopic (exact) mass is 454 g/mol. The van der Waals surface area contributed by atoms with Gasteiger partial charge in [0.2, 0.25) is 0 Å². The van der Waals surface area contributed by atoms with E-state index in [4.69, 9.17) is 0 Å². The molecule has 3 aromatic rings. The fourth-order valence-corrected chi connectivity index (χ4v) is 5.19. The first-order chi connectivity index (χ1) is 15.8. The number of hydrogen-bond acceptors (Lipinski definition) is 0. The summed E-state index contributed by atoms with van der Waals surface area (Å²) < 4.78 is 75.0. The molecule has 0 heterocycles. The van der Waals surface area contributed by atoms with Gasteiger partial charge < -0.3 is 0 Å². The molecule has 3 aromatic carbocycles. The number of aryl methyl sites for hydroxylation is 1. The highest BCUT2D eigenvalue weighted by atomic mass is 19.2. The molecular formula is C28H23F5. The molecule has 0 saturated heterocycles. The van der Waals surface area contributed by atoms with Crippen LogP contribution in [0.25, 0.3) is 22.3 Å². The zero-order valence-corrected chi connectivity index (χ0v) is 18.4. The Morgan fingerprint density at radius 2 is 1.45 bits per heavy atom. The lowest BCUT2D eigenvalue weighted by atomic mass is 9.82. The van der Waals surface area contributed by atoms with Gasteiger partial charge in [0.05, 0.1) is 0 Å². The molecule has 5 rings (SSSR count). The highest BCUT2D eigenvalue weighted by Crippen LogP contribution is 2.46. The molecule has 2 aliphatic rings. The Balaban J connectivity index is 1.62. The van der Waals surface area contributed by atoms with Crippen molar-refractivity contribution in [3.63, 3.8) is 0 Å². The van der Waals surface area contributed by atoms with Crippen molar-refractivity contribution >= 4 is 0 Å². The van der Waals surface area contributed by atoms with Crippen molar-refractivity contribution in [3.05, 3.63) is 93.8 Å². The van der Waals surface area contributed by atoms with Crippen LogP contribution in [-0.2, 0) is 6.42 Å². The van der Waals surface area contributed by atoms with E-state index < -0.39 is 29.1 Å². The Kier molecular flexibility index (Phi) is 5.38. The second-order valence-electron chi connectivity index (χ2n) is 9.11. The summed E-state index contributed by atoms with van der Waals surface area (Å²) in [5.74, 6) is -5.21. The number of allylic oxidation sites excluding steroid dienone is 2. The molecule has 33 heavy (non-hydrogen) atoms. The van der Waals surface area contributed by atoms with Crippen LogP contribution in [0.2, 0.25) is 0 Å². The van der Waals surface area contributed by atoms with E-state index in [0.29, 0.717) is 29.0 Å². The SMILES string of the molecule is CCC1C=CC(c2cc3c(c(F)c2F)-c2c(cc(-c4ccc(C)cc4F)c(F)c2F)C3)CC1. The predicted molar refractivity (Wildman–Crippen MR) is 120 cm³/mol. The van der Waals surface area contributed by atoms with E-state index in [1.165, 1.54) is 18.2 Å². The molecule has 0 radical (unpaired) electrons. The maximum Gasteiger partial charge on any atom is 0.167 e. The van der Waals surface area contributed by atoms with E-state index in [9.17, 15) is 4.39 Å². The van der Waals surface area contributed by atoms with Gasteiger partial charge in [-0.3, -0.25) is 0 Å². The third-order valence-corrected chi connectivity index (χ3v) is 7.04. The Bertz CT molecular complexity index is 1300. The van der Waals surface area contributed by atoms with E-state index in [1.54, 1.807) is 19.1 Å². The molecule has 0 N–H and O–H groups in total. The van der Waals surface area contributed by atoms with Crippen LogP contribution in [0, 0.1) is 41.9 Å². The number of halogens is 5. The molecule has 170 valence electrons. The first-order valence-corrected chi connectivity index (χ1v) is 11.3. The molecule has 0 bridgehead atoms. The molecular weight excluding hydrogens is 431 g/mol. The molecule has 0 spiro atoms. The van der Waals surface area contributed by atoms with E-state index in [1.807, 2.05) is 12.2 Å². The maximum absolute atomic E-state index is 15.2. The summed E-state index contributed by atoms with van der Waals surface area (Å²) in [5.41, 5.74) is 0.841. The molecule has 2 unspecified atom stereocenters. The maximum atomic E-state index is 15.2. The third kappa shape index (κ3) is 3.49. The Morgan fingerprint density at radius 1 is 0.758 bits per heavy atom. The van der Waals surface area contributed by atoms with Gasteiger partial charge in [0.1, 0.15) is 5.82 Å². The minimum atomic E-state index is -1.28. The largest absolute Gasteiger partial charge is 0.206 e. The van der Waals surface area contributed by atoms with Crippen molar-refractivity contribution in [2.24, 2.45) is 5.92 Å². The highest BCUT2D eigenvalue weighted by molar-refractivity contribution is 5.82. The van der Waals surface area contributed by atoms with Crippen LogP contribution < -0.4 is 0 Å². The van der Waals surface area contributed by atoms with E-state index in [-0.39, 0.29) is 40.2 Å². The second-order valence-corrected chi connectivity index (χ2v) is 9.11. The number of rotatable bonds is 3. The van der Waals surface area contributed by atoms with Crippen molar-refractivity contribution in [2.45, 2.75) is 45.4 Å². The molecule has 0 amide bonds. The summed E-state index contributed by atoms with van der Waals surface area (Å²) in [6.45, 7) is 3.79. The van der Waals surface area contributed by atoms with Crippen LogP contribution in [-0.4, -0.2) is 0 Å². The van der Waals surface area contributed by atoms with Gasteiger partial charge in [-0.15, -0.1) is 0 Å². The van der Waals surface area contributed by atoms with Gasteiger partial charge in [-0.05, 0) is 72.9 Å². The zero-order chi connectivity index (χ0) is 23.4. The van der Waals surface area contributed by atoms with Crippen LogP contribution >= 0.6 is 0 Å². The fraction of sp³-hybridized carbons (Fsp3) is 0.286. The summed E-state index contributed by atoms with van der Waals surface area (Å²) in [5, 5.41) is 0. The van der Waals surface area contributed by atoms with Gasteiger partial charge in [-0.1, -0.05) is 37.3 Å². The van der Waals surface area contributed by atoms with Crippen molar-refractivity contribution in [1.82, 2.24) is 0 Å². The van der Waals surface area contributed by atoms with Crippen molar-refractivity contribution in [2.75, 3.05) is 0 Å². The fourth-order valence-electron chi connectivity index (χ4n) is 5.19. The molecule has 0 nitrogen and oxygen atoms in total. The second kappa shape index (κ2) is 8.12. The van der Waals surface area contributed by atoms with Crippen LogP contribution in [0.15, 0.2) is 42.5 Å². The summed E-state index contributed by atoms with van der Waals surface area (Å²) in [6.07, 6.45) is 6.68. The summed E-state index contributed by atoms with van der Waals surface area (Å²) in [7, 11) is 0. The standard InChI is InChI=1S/C28H23F5/c1-3-15-5-7-16(8-6-15)20-12-17-11-18-13-21(19-9-4-14(2)10-22(19)29)26(31)28(33)24(18)23(17)27(32)25(20)30/h4-5,7,9-10,12-13,15-16H,3,6,8,11H2,1-2H3. The smallest absolute Gasteiger partial charge is 0.167 e. The van der Waals surface area contributed by atoms with E-state index >= 15 is 17.6 Å². The van der Waals surface area contributed by atoms with Crippen LogP contribution in [0.1, 0.15) is 54.4 Å². The van der Waals surface area contributed by atoms with E-state index in [2.05, 4.69) is 6.92 Å². The predicted octanol–water partition coefficient (Wildman–Crippen LogP) is 8.39. The first-order valence-electron chi connectivity index (χ1n) is 11.3. The molecule has 0 saturated carbocycles. The number of benzene rings is 3. The Hall–Kier alpha value is -2.95. The van der Waals surface area contributed by atoms with Crippen LogP contribution in [0.5, 0.6) is 0 Å². The minimum Gasteiger partial charge on any atom is -0.206 e. The number of hydrogen-bond donors (Lipinski definition) is 0. The van der Waals surface area contributed by atoms with Crippen LogP contribution in [0.3, 0.4) is 0 Å². The van der Waals surface area contributed by atoms with Gasteiger partial charge in [-0.2, -0.15) is 0 Å². The van der Waals surface area contributed by atoms with Gasteiger partial charge in [-0.25, -0.2) is 22.0 Å². The molecule has 5 heteroatoms. The Morgan fingerprint density at radius 3 is 2.09 bits per heavy atom. The van der Waals surface area contributed by atoms with Crippen LogP contribution in [0.4, 0.5) is 22.0 Å². The molecule has 2 aliphatic carbocycles. The number of fused-ring (bicyclic) bond motifs is 3. The minimum absolute atomic E-state index is 0.0686. The Labute approximate surface area is 189 Å². The average Bonchev–Trinajstić information content (AvgIpc) is 3.18. The van der Waals surface area contributed by atoms with E-state index in [0.717, 1.165) is 12.8 Å². The van der Waals surface area contributed by atoms with Gasteiger partial charge in [0.15, 0.2) is 23.3 Å². The molecule has 0 fully saturated rings. The van der Waals surface area contributed by atoms with Gasteiger partial charge in [0, 0.05) is 28.2 Å². The molecule has 0 aromatic heterocycles. The topological polar surface area (TPSA) is 0 Å². The summed E-state index contributed by atoms with van der Waals surface area (Å²) in [6, 6.07) is 7.19. The summed E-state index contributed by atoms with van der Waals surface area (Å²) >= 11 is 0.